The summed E-state index contributed by atoms with van der Waals surface area (Å²) in [5.74, 6) is 1.02. The lowest BCUT2D eigenvalue weighted by Gasteiger charge is -2.41. The zero-order valence-corrected chi connectivity index (χ0v) is 16.0. The van der Waals surface area contributed by atoms with Crippen LogP contribution in [0.1, 0.15) is 23.3 Å². The molecule has 1 saturated heterocycles. The summed E-state index contributed by atoms with van der Waals surface area (Å²) < 4.78 is 6.00. The summed E-state index contributed by atoms with van der Waals surface area (Å²) in [5.41, 5.74) is 3.59. The number of para-hydroxylation sites is 1. The first-order chi connectivity index (χ1) is 13.2. The van der Waals surface area contributed by atoms with Crippen molar-refractivity contribution in [3.63, 3.8) is 0 Å². The molecule has 142 valence electrons. The van der Waals surface area contributed by atoms with Gasteiger partial charge in [-0.05, 0) is 31.0 Å². The highest BCUT2D eigenvalue weighted by Gasteiger charge is 2.27. The minimum atomic E-state index is 0.230. The Kier molecular flexibility index (Phi) is 5.58. The van der Waals surface area contributed by atoms with Crippen molar-refractivity contribution in [3.8, 4) is 0 Å². The van der Waals surface area contributed by atoms with Crippen molar-refractivity contribution < 1.29 is 9.52 Å². The minimum absolute atomic E-state index is 0.230. The van der Waals surface area contributed by atoms with Crippen molar-refractivity contribution in [3.05, 3.63) is 71.5 Å². The number of fused-ring (bicyclic) bond motifs is 1. The van der Waals surface area contributed by atoms with Crippen LogP contribution in [-0.4, -0.2) is 47.2 Å². The van der Waals surface area contributed by atoms with Gasteiger partial charge in [-0.2, -0.15) is 0 Å². The number of hydrogen-bond acceptors (Lipinski definition) is 4. The summed E-state index contributed by atoms with van der Waals surface area (Å²) in [6.45, 7) is 7.12. The first-order valence-corrected chi connectivity index (χ1v) is 9.81. The van der Waals surface area contributed by atoms with Crippen LogP contribution in [0.4, 0.5) is 0 Å². The first kappa shape index (κ1) is 18.2. The van der Waals surface area contributed by atoms with Gasteiger partial charge in [0.1, 0.15) is 11.3 Å². The number of rotatable bonds is 6. The maximum absolute atomic E-state index is 9.55. The number of aryl methyl sites for hydroxylation is 1. The van der Waals surface area contributed by atoms with Gasteiger partial charge in [0, 0.05) is 44.2 Å². The van der Waals surface area contributed by atoms with Crippen LogP contribution < -0.4 is 0 Å². The Labute approximate surface area is 161 Å². The first-order valence-electron chi connectivity index (χ1n) is 9.81. The van der Waals surface area contributed by atoms with Crippen LogP contribution in [0.3, 0.4) is 0 Å². The van der Waals surface area contributed by atoms with Gasteiger partial charge in [0.05, 0.1) is 6.54 Å². The number of hydrogen-bond donors (Lipinski definition) is 1. The molecular formula is C23H28N2O2. The lowest BCUT2D eigenvalue weighted by molar-refractivity contribution is 0.0471. The van der Waals surface area contributed by atoms with Crippen molar-refractivity contribution in [2.75, 3.05) is 26.2 Å². The molecule has 1 aliphatic heterocycles. The van der Waals surface area contributed by atoms with E-state index in [1.54, 1.807) is 0 Å². The van der Waals surface area contributed by atoms with Gasteiger partial charge in [-0.15, -0.1) is 0 Å². The number of furan rings is 1. The average Bonchev–Trinajstić information content (AvgIpc) is 3.08. The second-order valence-corrected chi connectivity index (χ2v) is 7.61. The summed E-state index contributed by atoms with van der Waals surface area (Å²) in [7, 11) is 0. The fraction of sp³-hybridized carbons (Fsp3) is 0.391. The molecule has 0 amide bonds. The molecule has 1 atom stereocenters. The van der Waals surface area contributed by atoms with Crippen molar-refractivity contribution >= 4 is 11.0 Å². The molecule has 0 spiro atoms. The van der Waals surface area contributed by atoms with Crippen LogP contribution in [0.25, 0.3) is 11.0 Å². The van der Waals surface area contributed by atoms with Crippen LogP contribution >= 0.6 is 0 Å². The molecule has 0 unspecified atom stereocenters. The van der Waals surface area contributed by atoms with Crippen LogP contribution in [0.15, 0.2) is 59.0 Å². The molecule has 4 heteroatoms. The maximum Gasteiger partial charge on any atom is 0.134 e. The smallest absolute Gasteiger partial charge is 0.134 e. The summed E-state index contributed by atoms with van der Waals surface area (Å²) >= 11 is 0. The third-order valence-corrected chi connectivity index (χ3v) is 5.51. The van der Waals surface area contributed by atoms with E-state index in [4.69, 9.17) is 4.42 Å². The zero-order chi connectivity index (χ0) is 18.6. The second-order valence-electron chi connectivity index (χ2n) is 7.61. The molecule has 0 aliphatic carbocycles. The average molecular weight is 364 g/mol. The highest BCUT2D eigenvalue weighted by Crippen LogP contribution is 2.22. The van der Waals surface area contributed by atoms with Crippen molar-refractivity contribution in [2.45, 2.75) is 32.5 Å². The number of nitrogens with zero attached hydrogens (tertiary/aromatic N) is 2. The van der Waals surface area contributed by atoms with Gasteiger partial charge < -0.3 is 9.52 Å². The Morgan fingerprint density at radius 1 is 1.04 bits per heavy atom. The molecule has 1 fully saturated rings. The van der Waals surface area contributed by atoms with E-state index in [-0.39, 0.29) is 6.61 Å². The van der Waals surface area contributed by atoms with Crippen LogP contribution in [0.2, 0.25) is 0 Å². The Balaban J connectivity index is 1.41. The van der Waals surface area contributed by atoms with Gasteiger partial charge in [-0.25, -0.2) is 0 Å². The maximum atomic E-state index is 9.55. The van der Waals surface area contributed by atoms with Crippen LogP contribution in [-0.2, 0) is 13.1 Å². The SMILES string of the molecule is Cc1ccc(CN2CCN(Cc3cc4ccccc4o3)C[C@@H]2CCO)cc1. The summed E-state index contributed by atoms with van der Waals surface area (Å²) in [6, 6.07) is 19.5. The fourth-order valence-corrected chi connectivity index (χ4v) is 4.00. The fourth-order valence-electron chi connectivity index (χ4n) is 4.00. The van der Waals surface area contributed by atoms with E-state index in [0.29, 0.717) is 6.04 Å². The molecule has 0 bridgehead atoms. The van der Waals surface area contributed by atoms with Crippen LogP contribution in [0, 0.1) is 6.92 Å². The van der Waals surface area contributed by atoms with Gasteiger partial charge in [-0.1, -0.05) is 48.0 Å². The third kappa shape index (κ3) is 4.41. The molecule has 4 nitrogen and oxygen atoms in total. The van der Waals surface area contributed by atoms with Gasteiger partial charge in [0.25, 0.3) is 0 Å². The largest absolute Gasteiger partial charge is 0.460 e. The number of aliphatic hydroxyl groups excluding tert-OH is 1. The standard InChI is InChI=1S/C23H28N2O2/c1-18-6-8-19(9-7-18)15-25-12-11-24(16-21(25)10-13-26)17-22-14-20-4-2-3-5-23(20)27-22/h2-9,14,21,26H,10-13,15-17H2,1H3/t21-/m0/s1. The van der Waals surface area contributed by atoms with E-state index in [2.05, 4.69) is 53.1 Å². The molecule has 0 radical (unpaired) electrons. The van der Waals surface area contributed by atoms with E-state index < -0.39 is 0 Å². The molecule has 1 aromatic heterocycles. The van der Waals surface area contributed by atoms with E-state index in [9.17, 15) is 5.11 Å². The third-order valence-electron chi connectivity index (χ3n) is 5.51. The molecule has 1 N–H and O–H groups in total. The monoisotopic (exact) mass is 364 g/mol. The Bertz CT molecular complexity index is 838. The molecule has 1 aliphatic rings. The van der Waals surface area contributed by atoms with E-state index in [1.165, 1.54) is 11.1 Å². The molecule has 3 aromatic rings. The number of piperazine rings is 1. The Morgan fingerprint density at radius 2 is 1.85 bits per heavy atom. The molecule has 4 rings (SSSR count). The van der Waals surface area contributed by atoms with Gasteiger partial charge in [0.2, 0.25) is 0 Å². The quantitative estimate of drug-likeness (QED) is 0.722. The molecule has 2 heterocycles. The molecule has 27 heavy (non-hydrogen) atoms. The Hall–Kier alpha value is -2.14. The number of benzene rings is 2. The van der Waals surface area contributed by atoms with Crippen molar-refractivity contribution in [1.29, 1.82) is 0 Å². The summed E-state index contributed by atoms with van der Waals surface area (Å²) in [6.07, 6.45) is 0.808. The van der Waals surface area contributed by atoms with Crippen LogP contribution in [0.5, 0.6) is 0 Å². The Morgan fingerprint density at radius 3 is 2.63 bits per heavy atom. The highest BCUT2D eigenvalue weighted by atomic mass is 16.3. The highest BCUT2D eigenvalue weighted by molar-refractivity contribution is 5.77. The lowest BCUT2D eigenvalue weighted by atomic mass is 10.1. The molecular weight excluding hydrogens is 336 g/mol. The number of aliphatic hydroxyl groups is 1. The predicted octanol–water partition coefficient (Wildman–Crippen LogP) is 3.81. The van der Waals surface area contributed by atoms with E-state index >= 15 is 0 Å². The molecule has 0 saturated carbocycles. The summed E-state index contributed by atoms with van der Waals surface area (Å²) in [4.78, 5) is 4.96. The van der Waals surface area contributed by atoms with Gasteiger partial charge in [0.15, 0.2) is 0 Å². The van der Waals surface area contributed by atoms with Gasteiger partial charge >= 0.3 is 0 Å². The minimum Gasteiger partial charge on any atom is -0.460 e. The zero-order valence-electron chi connectivity index (χ0n) is 16.0. The molecule has 2 aromatic carbocycles. The van der Waals surface area contributed by atoms with Crippen molar-refractivity contribution in [2.24, 2.45) is 0 Å². The van der Waals surface area contributed by atoms with Gasteiger partial charge in [-0.3, -0.25) is 9.80 Å². The lowest BCUT2D eigenvalue weighted by Crippen LogP contribution is -2.52. The van der Waals surface area contributed by atoms with E-state index in [1.807, 2.05) is 18.2 Å². The summed E-state index contributed by atoms with van der Waals surface area (Å²) in [5, 5.41) is 10.7. The van der Waals surface area contributed by atoms with Crippen molar-refractivity contribution in [1.82, 2.24) is 9.80 Å². The normalized spacial score (nSPS) is 19.0. The topological polar surface area (TPSA) is 39.9 Å². The van der Waals surface area contributed by atoms with E-state index in [0.717, 1.165) is 55.9 Å². The second kappa shape index (κ2) is 8.26. The predicted molar refractivity (Wildman–Crippen MR) is 109 cm³/mol.